The van der Waals surface area contributed by atoms with Crippen molar-refractivity contribution in [3.8, 4) is 0 Å². The summed E-state index contributed by atoms with van der Waals surface area (Å²) < 4.78 is 0. The lowest BCUT2D eigenvalue weighted by atomic mass is 10.2. The van der Waals surface area contributed by atoms with Gasteiger partial charge in [0, 0.05) is 0 Å². The molecule has 0 saturated carbocycles. The van der Waals surface area contributed by atoms with E-state index >= 15 is 0 Å². The van der Waals surface area contributed by atoms with Gasteiger partial charge in [-0.25, -0.2) is 0 Å². The Balaban J connectivity index is 2.75. The highest BCUT2D eigenvalue weighted by atomic mass is 28.3. The first-order chi connectivity index (χ1) is 6.14. The van der Waals surface area contributed by atoms with Crippen molar-refractivity contribution in [1.82, 2.24) is 0 Å². The van der Waals surface area contributed by atoms with Crippen LogP contribution in [-0.4, -0.2) is 8.07 Å². The van der Waals surface area contributed by atoms with Crippen LogP contribution in [0.5, 0.6) is 0 Å². The van der Waals surface area contributed by atoms with Gasteiger partial charge in [0.05, 0.1) is 8.07 Å². The van der Waals surface area contributed by atoms with E-state index in [0.717, 1.165) is 0 Å². The maximum Gasteiger partial charge on any atom is 0.0948 e. The molecule has 13 heavy (non-hydrogen) atoms. The molecule has 0 bridgehead atoms. The van der Waals surface area contributed by atoms with Gasteiger partial charge in [0.2, 0.25) is 0 Å². The Kier molecular flexibility index (Phi) is 3.26. The van der Waals surface area contributed by atoms with Crippen molar-refractivity contribution in [3.05, 3.63) is 53.9 Å². The number of rotatable bonds is 3. The van der Waals surface area contributed by atoms with E-state index in [4.69, 9.17) is 0 Å². The molecular formula is C12H16Si. The Hall–Kier alpha value is -1.08. The summed E-state index contributed by atoms with van der Waals surface area (Å²) in [5.74, 6) is 0. The SMILES string of the molecule is C=C[Si](C)(C)C=Cc1ccccc1. The lowest BCUT2D eigenvalue weighted by Gasteiger charge is -2.09. The maximum atomic E-state index is 3.86. The predicted molar refractivity (Wildman–Crippen MR) is 63.2 cm³/mol. The van der Waals surface area contributed by atoms with E-state index in [0.29, 0.717) is 0 Å². The van der Waals surface area contributed by atoms with Gasteiger partial charge in [-0.3, -0.25) is 0 Å². The molecule has 0 atom stereocenters. The van der Waals surface area contributed by atoms with Gasteiger partial charge >= 0.3 is 0 Å². The Labute approximate surface area is 81.6 Å². The molecule has 1 heteroatoms. The summed E-state index contributed by atoms with van der Waals surface area (Å²) in [7, 11) is -1.28. The fraction of sp³-hybridized carbons (Fsp3) is 0.167. The first-order valence-corrected chi connectivity index (χ1v) is 7.67. The molecule has 0 spiro atoms. The van der Waals surface area contributed by atoms with Crippen LogP contribution < -0.4 is 0 Å². The first-order valence-electron chi connectivity index (χ1n) is 4.52. The minimum atomic E-state index is -1.28. The molecule has 1 aromatic rings. The molecule has 1 rings (SSSR count). The molecule has 0 unspecified atom stereocenters. The Morgan fingerprint density at radius 2 is 1.77 bits per heavy atom. The van der Waals surface area contributed by atoms with Crippen LogP contribution in [0.2, 0.25) is 13.1 Å². The van der Waals surface area contributed by atoms with Crippen molar-refractivity contribution in [1.29, 1.82) is 0 Å². The van der Waals surface area contributed by atoms with Crippen LogP contribution >= 0.6 is 0 Å². The van der Waals surface area contributed by atoms with Crippen LogP contribution in [0, 0.1) is 0 Å². The predicted octanol–water partition coefficient (Wildman–Crippen LogP) is 3.67. The van der Waals surface area contributed by atoms with Crippen molar-refractivity contribution in [2.24, 2.45) is 0 Å². The molecule has 1 aromatic carbocycles. The summed E-state index contributed by atoms with van der Waals surface area (Å²) in [6.45, 7) is 8.41. The average molecular weight is 188 g/mol. The van der Waals surface area contributed by atoms with E-state index in [-0.39, 0.29) is 0 Å². The molecule has 0 saturated heterocycles. The molecule has 0 aliphatic heterocycles. The molecular weight excluding hydrogens is 172 g/mol. The third-order valence-electron chi connectivity index (χ3n) is 2.03. The van der Waals surface area contributed by atoms with Crippen LogP contribution in [0.15, 0.2) is 48.3 Å². The van der Waals surface area contributed by atoms with Crippen molar-refractivity contribution in [3.63, 3.8) is 0 Å². The van der Waals surface area contributed by atoms with E-state index < -0.39 is 8.07 Å². The van der Waals surface area contributed by atoms with Crippen LogP contribution in [0.3, 0.4) is 0 Å². The molecule has 0 heterocycles. The Bertz CT molecular complexity index is 296. The summed E-state index contributed by atoms with van der Waals surface area (Å²) in [6, 6.07) is 10.4. The highest BCUT2D eigenvalue weighted by molar-refractivity contribution is 6.87. The second-order valence-corrected chi connectivity index (χ2v) is 8.15. The molecule has 0 fully saturated rings. The third kappa shape index (κ3) is 3.43. The van der Waals surface area contributed by atoms with Crippen LogP contribution in [0.4, 0.5) is 0 Å². The van der Waals surface area contributed by atoms with Gasteiger partial charge in [0.25, 0.3) is 0 Å². The molecule has 68 valence electrons. The van der Waals surface area contributed by atoms with Gasteiger partial charge in [-0.05, 0) is 5.56 Å². The average Bonchev–Trinajstić information content (AvgIpc) is 2.17. The highest BCUT2D eigenvalue weighted by Crippen LogP contribution is 2.08. The lowest BCUT2D eigenvalue weighted by Crippen LogP contribution is -2.17. The second kappa shape index (κ2) is 4.24. The zero-order valence-corrected chi connectivity index (χ0v) is 9.33. The van der Waals surface area contributed by atoms with Gasteiger partial charge in [0.1, 0.15) is 0 Å². The molecule has 0 amide bonds. The standard InChI is InChI=1S/C12H16Si/c1-4-13(2,3)11-10-12-8-6-5-7-9-12/h4-11H,1H2,2-3H3. The van der Waals surface area contributed by atoms with Crippen LogP contribution in [0.25, 0.3) is 6.08 Å². The van der Waals surface area contributed by atoms with E-state index in [2.05, 4.69) is 61.4 Å². The van der Waals surface area contributed by atoms with E-state index in [1.807, 2.05) is 6.07 Å². The molecule has 0 aliphatic carbocycles. The van der Waals surface area contributed by atoms with E-state index in [1.165, 1.54) is 5.56 Å². The molecule has 0 nitrogen and oxygen atoms in total. The van der Waals surface area contributed by atoms with E-state index in [1.54, 1.807) is 0 Å². The summed E-state index contributed by atoms with van der Waals surface area (Å²) in [6.07, 6.45) is 2.19. The summed E-state index contributed by atoms with van der Waals surface area (Å²) in [5.41, 5.74) is 5.66. The fourth-order valence-corrected chi connectivity index (χ4v) is 1.70. The highest BCUT2D eigenvalue weighted by Gasteiger charge is 2.09. The molecule has 0 N–H and O–H groups in total. The van der Waals surface area contributed by atoms with Gasteiger partial charge < -0.3 is 0 Å². The zero-order valence-electron chi connectivity index (χ0n) is 8.33. The largest absolute Gasteiger partial charge is 0.107 e. The Morgan fingerprint density at radius 1 is 1.15 bits per heavy atom. The van der Waals surface area contributed by atoms with Crippen molar-refractivity contribution < 1.29 is 0 Å². The topological polar surface area (TPSA) is 0 Å². The smallest absolute Gasteiger partial charge is 0.0948 e. The fourth-order valence-electron chi connectivity index (χ4n) is 0.943. The van der Waals surface area contributed by atoms with Crippen molar-refractivity contribution in [2.45, 2.75) is 13.1 Å². The minimum absolute atomic E-state index is 1.27. The summed E-state index contributed by atoms with van der Waals surface area (Å²) >= 11 is 0. The maximum absolute atomic E-state index is 3.86. The molecule has 0 aliphatic rings. The molecule has 0 radical (unpaired) electrons. The van der Waals surface area contributed by atoms with E-state index in [9.17, 15) is 0 Å². The van der Waals surface area contributed by atoms with Crippen LogP contribution in [0.1, 0.15) is 5.56 Å². The quantitative estimate of drug-likeness (QED) is 0.635. The normalized spacial score (nSPS) is 11.8. The monoisotopic (exact) mass is 188 g/mol. The number of benzene rings is 1. The van der Waals surface area contributed by atoms with Crippen LogP contribution in [-0.2, 0) is 0 Å². The van der Waals surface area contributed by atoms with Gasteiger partial charge in [-0.1, -0.05) is 60.9 Å². The third-order valence-corrected chi connectivity index (χ3v) is 4.11. The number of hydrogen-bond acceptors (Lipinski definition) is 0. The lowest BCUT2D eigenvalue weighted by molar-refractivity contribution is 1.66. The molecule has 0 aromatic heterocycles. The summed E-state index contributed by atoms with van der Waals surface area (Å²) in [4.78, 5) is 0. The minimum Gasteiger partial charge on any atom is -0.107 e. The van der Waals surface area contributed by atoms with Gasteiger partial charge in [-0.15, -0.1) is 6.58 Å². The van der Waals surface area contributed by atoms with Crippen molar-refractivity contribution in [2.75, 3.05) is 0 Å². The van der Waals surface area contributed by atoms with Crippen molar-refractivity contribution >= 4 is 14.1 Å². The number of hydrogen-bond donors (Lipinski definition) is 0. The zero-order chi connectivity index (χ0) is 9.73. The second-order valence-electron chi connectivity index (χ2n) is 3.77. The first kappa shape index (κ1) is 10.0. The summed E-state index contributed by atoms with van der Waals surface area (Å²) in [5, 5.41) is 0. The van der Waals surface area contributed by atoms with Gasteiger partial charge in [0.15, 0.2) is 0 Å². The van der Waals surface area contributed by atoms with Gasteiger partial charge in [-0.2, -0.15) is 0 Å². The Morgan fingerprint density at radius 3 is 2.31 bits per heavy atom.